The fraction of sp³-hybridized carbons (Fsp3) is 0.600. The zero-order chi connectivity index (χ0) is 9.03. The van der Waals surface area contributed by atoms with Crippen LogP contribution in [0, 0.1) is 0 Å². The Morgan fingerprint density at radius 3 is 2.75 bits per heavy atom. The summed E-state index contributed by atoms with van der Waals surface area (Å²) in [6.45, 7) is 7.68. The number of hydrogen-bond acceptors (Lipinski definition) is 2. The first kappa shape index (κ1) is 9.75. The summed E-state index contributed by atoms with van der Waals surface area (Å²) >= 11 is 1.81. The quantitative estimate of drug-likeness (QED) is 0.756. The molecule has 0 saturated carbocycles. The summed E-state index contributed by atoms with van der Waals surface area (Å²) in [5.74, 6) is 0. The maximum absolute atomic E-state index is 3.52. The van der Waals surface area contributed by atoms with Crippen LogP contribution in [0.2, 0.25) is 0 Å². The lowest BCUT2D eigenvalue weighted by atomic mass is 10.0. The lowest BCUT2D eigenvalue weighted by Gasteiger charge is -2.24. The molecule has 0 atom stereocenters. The van der Waals surface area contributed by atoms with Crippen molar-refractivity contribution in [3.63, 3.8) is 0 Å². The average molecular weight is 183 g/mol. The van der Waals surface area contributed by atoms with Crippen LogP contribution in [0.15, 0.2) is 17.5 Å². The third-order valence-electron chi connectivity index (χ3n) is 2.21. The van der Waals surface area contributed by atoms with Crippen LogP contribution in [0.1, 0.15) is 32.1 Å². The first-order valence-corrected chi connectivity index (χ1v) is 5.29. The molecule has 0 aliphatic rings. The van der Waals surface area contributed by atoms with Gasteiger partial charge in [0, 0.05) is 17.0 Å². The Balaban J connectivity index is 2.36. The highest BCUT2D eigenvalue weighted by Gasteiger charge is 2.13. The van der Waals surface area contributed by atoms with Gasteiger partial charge in [0.25, 0.3) is 0 Å². The van der Waals surface area contributed by atoms with Crippen molar-refractivity contribution in [2.75, 3.05) is 0 Å². The molecule has 0 spiro atoms. The topological polar surface area (TPSA) is 12.0 Å². The standard InChI is InChI=1S/C10H17NS/c1-4-10(2,3)11-8-9-6-5-7-12-9/h5-7,11H,4,8H2,1-3H3. The molecular weight excluding hydrogens is 166 g/mol. The van der Waals surface area contributed by atoms with Gasteiger partial charge in [0.1, 0.15) is 0 Å². The molecular formula is C10H17NS. The molecule has 1 aromatic heterocycles. The van der Waals surface area contributed by atoms with E-state index in [1.165, 1.54) is 11.3 Å². The molecule has 0 radical (unpaired) electrons. The van der Waals surface area contributed by atoms with Gasteiger partial charge in [-0.3, -0.25) is 0 Å². The van der Waals surface area contributed by atoms with Gasteiger partial charge in [0.2, 0.25) is 0 Å². The van der Waals surface area contributed by atoms with E-state index in [9.17, 15) is 0 Å². The van der Waals surface area contributed by atoms with Crippen molar-refractivity contribution >= 4 is 11.3 Å². The smallest absolute Gasteiger partial charge is 0.0304 e. The highest BCUT2D eigenvalue weighted by atomic mass is 32.1. The van der Waals surface area contributed by atoms with E-state index in [-0.39, 0.29) is 5.54 Å². The van der Waals surface area contributed by atoms with Crippen molar-refractivity contribution in [1.82, 2.24) is 5.32 Å². The van der Waals surface area contributed by atoms with E-state index in [4.69, 9.17) is 0 Å². The minimum absolute atomic E-state index is 0.268. The maximum Gasteiger partial charge on any atom is 0.0304 e. The van der Waals surface area contributed by atoms with Crippen LogP contribution in [-0.4, -0.2) is 5.54 Å². The molecule has 1 N–H and O–H groups in total. The fourth-order valence-electron chi connectivity index (χ4n) is 0.865. The number of rotatable bonds is 4. The maximum atomic E-state index is 3.52. The first-order valence-electron chi connectivity index (χ1n) is 4.41. The van der Waals surface area contributed by atoms with E-state index in [0.29, 0.717) is 0 Å². The SMILES string of the molecule is CCC(C)(C)NCc1cccs1. The molecule has 0 fully saturated rings. The summed E-state index contributed by atoms with van der Waals surface area (Å²) in [5.41, 5.74) is 0.268. The van der Waals surface area contributed by atoms with Crippen LogP contribution in [0.3, 0.4) is 0 Å². The Bertz CT molecular complexity index is 214. The average Bonchev–Trinajstić information content (AvgIpc) is 2.53. The van der Waals surface area contributed by atoms with Crippen molar-refractivity contribution < 1.29 is 0 Å². The van der Waals surface area contributed by atoms with Gasteiger partial charge >= 0.3 is 0 Å². The monoisotopic (exact) mass is 183 g/mol. The van der Waals surface area contributed by atoms with Crippen LogP contribution in [0.25, 0.3) is 0 Å². The summed E-state index contributed by atoms with van der Waals surface area (Å²) in [4.78, 5) is 1.41. The lowest BCUT2D eigenvalue weighted by molar-refractivity contribution is 0.376. The summed E-state index contributed by atoms with van der Waals surface area (Å²) in [7, 11) is 0. The van der Waals surface area contributed by atoms with Crippen molar-refractivity contribution in [2.24, 2.45) is 0 Å². The zero-order valence-corrected chi connectivity index (χ0v) is 8.87. The second-order valence-corrected chi connectivity index (χ2v) is 4.70. The number of nitrogens with one attached hydrogen (secondary N) is 1. The Labute approximate surface area is 78.8 Å². The molecule has 2 heteroatoms. The zero-order valence-electron chi connectivity index (χ0n) is 8.05. The lowest BCUT2D eigenvalue weighted by Crippen LogP contribution is -2.37. The van der Waals surface area contributed by atoms with Crippen LogP contribution >= 0.6 is 11.3 Å². The van der Waals surface area contributed by atoms with Crippen LogP contribution in [0.4, 0.5) is 0 Å². The van der Waals surface area contributed by atoms with Gasteiger partial charge in [-0.2, -0.15) is 0 Å². The Morgan fingerprint density at radius 2 is 2.25 bits per heavy atom. The van der Waals surface area contributed by atoms with Gasteiger partial charge in [-0.15, -0.1) is 11.3 Å². The van der Waals surface area contributed by atoms with Gasteiger partial charge in [0.05, 0.1) is 0 Å². The second-order valence-electron chi connectivity index (χ2n) is 3.67. The molecule has 0 aromatic carbocycles. The second kappa shape index (κ2) is 4.06. The largest absolute Gasteiger partial charge is 0.307 e. The molecule has 1 heterocycles. The fourth-order valence-corrected chi connectivity index (χ4v) is 1.51. The van der Waals surface area contributed by atoms with Crippen molar-refractivity contribution in [3.05, 3.63) is 22.4 Å². The normalized spacial score (nSPS) is 11.9. The third kappa shape index (κ3) is 2.95. The van der Waals surface area contributed by atoms with E-state index >= 15 is 0 Å². The summed E-state index contributed by atoms with van der Waals surface area (Å²) in [5, 5.41) is 5.64. The molecule has 1 aromatic rings. The molecule has 68 valence electrons. The van der Waals surface area contributed by atoms with E-state index in [2.05, 4.69) is 43.6 Å². The molecule has 0 aliphatic carbocycles. The first-order chi connectivity index (χ1) is 5.64. The van der Waals surface area contributed by atoms with Crippen molar-refractivity contribution in [3.8, 4) is 0 Å². The molecule has 0 saturated heterocycles. The van der Waals surface area contributed by atoms with Crippen LogP contribution < -0.4 is 5.32 Å². The van der Waals surface area contributed by atoms with Crippen molar-refractivity contribution in [1.29, 1.82) is 0 Å². The van der Waals surface area contributed by atoms with Gasteiger partial charge in [0.15, 0.2) is 0 Å². The molecule has 0 unspecified atom stereocenters. The van der Waals surface area contributed by atoms with E-state index in [0.717, 1.165) is 6.54 Å². The summed E-state index contributed by atoms with van der Waals surface area (Å²) < 4.78 is 0. The van der Waals surface area contributed by atoms with Gasteiger partial charge in [-0.25, -0.2) is 0 Å². The predicted octanol–water partition coefficient (Wildman–Crippen LogP) is 3.03. The Morgan fingerprint density at radius 1 is 1.50 bits per heavy atom. The van der Waals surface area contributed by atoms with Gasteiger partial charge < -0.3 is 5.32 Å². The Hall–Kier alpha value is -0.340. The third-order valence-corrected chi connectivity index (χ3v) is 3.08. The summed E-state index contributed by atoms with van der Waals surface area (Å²) in [6, 6.07) is 4.27. The van der Waals surface area contributed by atoms with Crippen LogP contribution in [-0.2, 0) is 6.54 Å². The highest BCUT2D eigenvalue weighted by Crippen LogP contribution is 2.12. The van der Waals surface area contributed by atoms with E-state index in [1.807, 2.05) is 11.3 Å². The van der Waals surface area contributed by atoms with Gasteiger partial charge in [-0.05, 0) is 31.7 Å². The van der Waals surface area contributed by atoms with Gasteiger partial charge in [-0.1, -0.05) is 13.0 Å². The minimum atomic E-state index is 0.268. The minimum Gasteiger partial charge on any atom is -0.307 e. The van der Waals surface area contributed by atoms with Crippen molar-refractivity contribution in [2.45, 2.75) is 39.3 Å². The van der Waals surface area contributed by atoms with Crippen LogP contribution in [0.5, 0.6) is 0 Å². The Kier molecular flexibility index (Phi) is 3.29. The molecule has 0 amide bonds. The predicted molar refractivity (Wildman–Crippen MR) is 55.5 cm³/mol. The molecule has 12 heavy (non-hydrogen) atoms. The summed E-state index contributed by atoms with van der Waals surface area (Å²) in [6.07, 6.45) is 1.17. The van der Waals surface area contributed by atoms with E-state index < -0.39 is 0 Å². The molecule has 0 bridgehead atoms. The number of thiophene rings is 1. The molecule has 1 nitrogen and oxygen atoms in total. The molecule has 0 aliphatic heterocycles. The van der Waals surface area contributed by atoms with E-state index in [1.54, 1.807) is 0 Å². The highest BCUT2D eigenvalue weighted by molar-refractivity contribution is 7.09. The molecule has 1 rings (SSSR count). The number of hydrogen-bond donors (Lipinski definition) is 1.